The number of carboxylic acid groups (broad SMARTS) is 1. The van der Waals surface area contributed by atoms with E-state index in [2.05, 4.69) is 20.6 Å². The Bertz CT molecular complexity index is 435. The van der Waals surface area contributed by atoms with Gasteiger partial charge in [0.15, 0.2) is 0 Å². The first-order valence-corrected chi connectivity index (χ1v) is 5.91. The second-order valence-electron chi connectivity index (χ2n) is 3.86. The maximum atomic E-state index is 10.6. The largest absolute Gasteiger partial charge is 0.490 e. The van der Waals surface area contributed by atoms with Crippen LogP contribution in [0, 0.1) is 0 Å². The smallest absolute Gasteiger partial charge is 0.475 e. The third-order valence-corrected chi connectivity index (χ3v) is 2.47. The van der Waals surface area contributed by atoms with Crippen LogP contribution in [0.3, 0.4) is 0 Å². The number of aliphatic carboxylic acids is 1. The summed E-state index contributed by atoms with van der Waals surface area (Å²) in [5.41, 5.74) is 0. The van der Waals surface area contributed by atoms with Gasteiger partial charge < -0.3 is 15.7 Å². The lowest BCUT2D eigenvalue weighted by molar-refractivity contribution is -0.192. The molecule has 112 valence electrons. The zero-order valence-corrected chi connectivity index (χ0v) is 10.9. The molecule has 1 aromatic rings. The molecule has 20 heavy (non-hydrogen) atoms. The molecule has 1 aliphatic heterocycles. The van der Waals surface area contributed by atoms with E-state index in [9.17, 15) is 13.2 Å². The van der Waals surface area contributed by atoms with Crippen molar-refractivity contribution in [3.63, 3.8) is 0 Å². The maximum absolute atomic E-state index is 10.6. The van der Waals surface area contributed by atoms with E-state index < -0.39 is 12.1 Å². The van der Waals surface area contributed by atoms with Crippen molar-refractivity contribution in [3.8, 4) is 0 Å². The molecular weight excluding hydrogens is 301 g/mol. The fourth-order valence-electron chi connectivity index (χ4n) is 1.37. The summed E-state index contributed by atoms with van der Waals surface area (Å²) in [4.78, 5) is 16.9. The second kappa shape index (κ2) is 7.25. The monoisotopic (exact) mass is 312 g/mol. The Morgan fingerprint density at radius 2 is 2.10 bits per heavy atom. The molecular formula is C10H12ClF3N4O2. The second-order valence-corrected chi connectivity index (χ2v) is 4.25. The van der Waals surface area contributed by atoms with Crippen molar-refractivity contribution < 1.29 is 23.1 Å². The number of aromatic nitrogens is 2. The van der Waals surface area contributed by atoms with Gasteiger partial charge in [0.2, 0.25) is 0 Å². The van der Waals surface area contributed by atoms with Crippen LogP contribution in [-0.2, 0) is 4.79 Å². The summed E-state index contributed by atoms with van der Waals surface area (Å²) < 4.78 is 31.7. The Hall–Kier alpha value is -1.61. The molecule has 10 heteroatoms. The topological polar surface area (TPSA) is 87.1 Å². The molecule has 1 atom stereocenters. The van der Waals surface area contributed by atoms with E-state index in [0.29, 0.717) is 11.2 Å². The van der Waals surface area contributed by atoms with Crippen molar-refractivity contribution in [1.29, 1.82) is 0 Å². The normalized spacial score (nSPS) is 18.1. The Morgan fingerprint density at radius 1 is 1.45 bits per heavy atom. The lowest BCUT2D eigenvalue weighted by Gasteiger charge is -2.10. The molecule has 6 nitrogen and oxygen atoms in total. The Balaban J connectivity index is 0.000000246. The van der Waals surface area contributed by atoms with Gasteiger partial charge in [-0.3, -0.25) is 0 Å². The van der Waals surface area contributed by atoms with E-state index in [1.54, 1.807) is 12.4 Å². The van der Waals surface area contributed by atoms with Crippen LogP contribution >= 0.6 is 11.6 Å². The summed E-state index contributed by atoms with van der Waals surface area (Å²) in [5, 5.41) is 14.1. The molecule has 2 heterocycles. The van der Waals surface area contributed by atoms with E-state index in [1.165, 1.54) is 0 Å². The minimum Gasteiger partial charge on any atom is -0.475 e. The number of nitrogens with zero attached hydrogens (tertiary/aromatic N) is 2. The molecule has 0 unspecified atom stereocenters. The predicted molar refractivity (Wildman–Crippen MR) is 65.6 cm³/mol. The average molecular weight is 313 g/mol. The lowest BCUT2D eigenvalue weighted by Crippen LogP contribution is -2.22. The maximum Gasteiger partial charge on any atom is 0.490 e. The molecule has 0 bridgehead atoms. The molecule has 2 rings (SSSR count). The zero-order valence-electron chi connectivity index (χ0n) is 10.1. The van der Waals surface area contributed by atoms with Crippen LogP contribution in [0.15, 0.2) is 12.4 Å². The minimum atomic E-state index is -5.08. The summed E-state index contributed by atoms with van der Waals surface area (Å²) in [7, 11) is 0. The van der Waals surface area contributed by atoms with Gasteiger partial charge in [0.25, 0.3) is 0 Å². The van der Waals surface area contributed by atoms with Crippen LogP contribution in [-0.4, -0.2) is 46.4 Å². The van der Waals surface area contributed by atoms with Crippen molar-refractivity contribution in [1.82, 2.24) is 15.3 Å². The molecule has 0 radical (unpaired) electrons. The van der Waals surface area contributed by atoms with Gasteiger partial charge in [0, 0.05) is 12.6 Å². The quantitative estimate of drug-likeness (QED) is 0.768. The van der Waals surface area contributed by atoms with Crippen LogP contribution < -0.4 is 10.6 Å². The van der Waals surface area contributed by atoms with Crippen molar-refractivity contribution in [2.75, 3.05) is 18.4 Å². The first-order chi connectivity index (χ1) is 9.29. The molecule has 3 N–H and O–H groups in total. The standard InChI is InChI=1S/C8H11ClN4.C2HF3O2/c9-7-4-12-8(5-11-7)13-6-1-2-10-3-6;3-2(4,5)1(6)7/h4-6,10H,1-3H2,(H,12,13);(H,6,7)/t6-;/m1./s1. The van der Waals surface area contributed by atoms with E-state index >= 15 is 0 Å². The van der Waals surface area contributed by atoms with Gasteiger partial charge in [-0.05, 0) is 13.0 Å². The van der Waals surface area contributed by atoms with Crippen molar-refractivity contribution in [2.45, 2.75) is 18.6 Å². The molecule has 1 aromatic heterocycles. The molecule has 0 aromatic carbocycles. The Labute approximate surface area is 117 Å². The minimum absolute atomic E-state index is 0.426. The van der Waals surface area contributed by atoms with Gasteiger partial charge in [-0.2, -0.15) is 13.2 Å². The summed E-state index contributed by atoms with van der Waals surface area (Å²) >= 11 is 5.61. The Kier molecular flexibility index (Phi) is 5.96. The van der Waals surface area contributed by atoms with Gasteiger partial charge in [-0.25, -0.2) is 14.8 Å². The van der Waals surface area contributed by atoms with Gasteiger partial charge in [-0.1, -0.05) is 11.6 Å². The number of hydrogen-bond donors (Lipinski definition) is 3. The van der Waals surface area contributed by atoms with Gasteiger partial charge >= 0.3 is 12.1 Å². The highest BCUT2D eigenvalue weighted by Gasteiger charge is 2.38. The molecule has 1 aliphatic rings. The van der Waals surface area contributed by atoms with Gasteiger partial charge in [0.05, 0.1) is 12.4 Å². The van der Waals surface area contributed by atoms with Gasteiger partial charge in [0.1, 0.15) is 11.0 Å². The van der Waals surface area contributed by atoms with Crippen LogP contribution in [0.4, 0.5) is 19.0 Å². The van der Waals surface area contributed by atoms with Crippen molar-refractivity contribution in [2.24, 2.45) is 0 Å². The molecule has 0 amide bonds. The van der Waals surface area contributed by atoms with E-state index in [-0.39, 0.29) is 0 Å². The third-order valence-electron chi connectivity index (χ3n) is 2.28. The highest BCUT2D eigenvalue weighted by molar-refractivity contribution is 6.29. The van der Waals surface area contributed by atoms with E-state index in [0.717, 1.165) is 25.3 Å². The van der Waals surface area contributed by atoms with Crippen molar-refractivity contribution in [3.05, 3.63) is 17.5 Å². The van der Waals surface area contributed by atoms with Crippen LogP contribution in [0.25, 0.3) is 0 Å². The Morgan fingerprint density at radius 3 is 2.50 bits per heavy atom. The number of carboxylic acids is 1. The van der Waals surface area contributed by atoms with E-state index in [4.69, 9.17) is 21.5 Å². The van der Waals surface area contributed by atoms with Crippen LogP contribution in [0.1, 0.15) is 6.42 Å². The fourth-order valence-corrected chi connectivity index (χ4v) is 1.47. The number of alkyl halides is 3. The summed E-state index contributed by atoms with van der Waals surface area (Å²) in [6.45, 7) is 2.06. The molecule has 1 saturated heterocycles. The number of carbonyl (C=O) groups is 1. The highest BCUT2D eigenvalue weighted by Crippen LogP contribution is 2.13. The summed E-state index contributed by atoms with van der Waals surface area (Å²) in [6.07, 6.45) is -0.753. The van der Waals surface area contributed by atoms with Gasteiger partial charge in [-0.15, -0.1) is 0 Å². The first kappa shape index (κ1) is 16.4. The molecule has 0 aliphatic carbocycles. The summed E-state index contributed by atoms with van der Waals surface area (Å²) in [5.74, 6) is -1.97. The molecule has 0 saturated carbocycles. The number of rotatable bonds is 2. The highest BCUT2D eigenvalue weighted by atomic mass is 35.5. The number of nitrogens with one attached hydrogen (secondary N) is 2. The zero-order chi connectivity index (χ0) is 15.2. The third kappa shape index (κ3) is 6.02. The van der Waals surface area contributed by atoms with Crippen LogP contribution in [0.2, 0.25) is 5.15 Å². The molecule has 0 spiro atoms. The van der Waals surface area contributed by atoms with Crippen LogP contribution in [0.5, 0.6) is 0 Å². The molecule has 1 fully saturated rings. The number of anilines is 1. The first-order valence-electron chi connectivity index (χ1n) is 5.54. The average Bonchev–Trinajstić information content (AvgIpc) is 2.84. The number of halogens is 4. The van der Waals surface area contributed by atoms with E-state index in [1.807, 2.05) is 0 Å². The lowest BCUT2D eigenvalue weighted by atomic mass is 10.3. The fraction of sp³-hybridized carbons (Fsp3) is 0.500. The predicted octanol–water partition coefficient (Wildman–Crippen LogP) is 1.54. The number of hydrogen-bond acceptors (Lipinski definition) is 5. The SMILES string of the molecule is Clc1cnc(N[C@@H]2CCNC2)cn1.O=C(O)C(F)(F)F. The summed E-state index contributed by atoms with van der Waals surface area (Å²) in [6, 6.07) is 0.468. The van der Waals surface area contributed by atoms with Crippen molar-refractivity contribution >= 4 is 23.4 Å².